The van der Waals surface area contributed by atoms with Gasteiger partial charge in [0, 0.05) is 13.1 Å². The van der Waals surface area contributed by atoms with Gasteiger partial charge in [0.15, 0.2) is 6.61 Å². The number of halogens is 1. The van der Waals surface area contributed by atoms with Gasteiger partial charge in [0.05, 0.1) is 24.8 Å². The Bertz CT molecular complexity index is 954. The molecule has 0 bridgehead atoms. The Morgan fingerprint density at radius 1 is 1.37 bits per heavy atom. The van der Waals surface area contributed by atoms with Crippen molar-refractivity contribution in [2.24, 2.45) is 5.92 Å². The molecule has 0 aromatic heterocycles. The summed E-state index contributed by atoms with van der Waals surface area (Å²) in [5, 5.41) is 11.7. The van der Waals surface area contributed by atoms with E-state index in [4.69, 9.17) is 9.47 Å². The minimum atomic E-state index is -4.16. The number of benzene rings is 1. The number of carbonyl (C=O) groups excluding carboxylic acids is 2. The summed E-state index contributed by atoms with van der Waals surface area (Å²) in [5.41, 5.74) is -1.36. The Labute approximate surface area is 174 Å². The van der Waals surface area contributed by atoms with Crippen molar-refractivity contribution >= 4 is 21.9 Å². The van der Waals surface area contributed by atoms with Gasteiger partial charge < -0.3 is 14.8 Å². The number of amides is 1. The van der Waals surface area contributed by atoms with Gasteiger partial charge in [-0.25, -0.2) is 17.6 Å². The highest BCUT2D eigenvalue weighted by Crippen LogP contribution is 2.22. The molecule has 11 heteroatoms. The lowest BCUT2D eigenvalue weighted by molar-refractivity contribution is -0.125. The summed E-state index contributed by atoms with van der Waals surface area (Å²) in [4.78, 5) is 23.6. The molecule has 0 saturated carbocycles. The number of ether oxygens (including phenoxy) is 2. The van der Waals surface area contributed by atoms with Crippen LogP contribution in [0.1, 0.15) is 31.1 Å². The average molecular weight is 441 g/mol. The Morgan fingerprint density at radius 2 is 2.00 bits per heavy atom. The highest BCUT2D eigenvalue weighted by Gasteiger charge is 2.31. The standard InChI is InChI=1S/C19H24FN3O6S/c1-13(2)19(3,12-21)22-17(24)11-29-18(25)14-4-5-15(20)16(10-14)30(26,27)23-6-8-28-9-7-23/h4-5,10,13H,6-9,11H2,1-3H3,(H,22,24)/t19-/m1/s1. The zero-order valence-electron chi connectivity index (χ0n) is 17.0. The summed E-state index contributed by atoms with van der Waals surface area (Å²) in [6.07, 6.45) is 0. The molecule has 30 heavy (non-hydrogen) atoms. The van der Waals surface area contributed by atoms with E-state index in [1.807, 2.05) is 6.07 Å². The Hall–Kier alpha value is -2.55. The summed E-state index contributed by atoms with van der Waals surface area (Å²) in [7, 11) is -4.16. The number of nitrogens with zero attached hydrogens (tertiary/aromatic N) is 2. The van der Waals surface area contributed by atoms with Gasteiger partial charge in [0.25, 0.3) is 5.91 Å². The summed E-state index contributed by atoms with van der Waals surface area (Å²) in [6, 6.07) is 4.81. The number of morpholine rings is 1. The molecule has 0 aliphatic carbocycles. The summed E-state index contributed by atoms with van der Waals surface area (Å²) < 4.78 is 50.7. The quantitative estimate of drug-likeness (QED) is 0.627. The molecule has 164 valence electrons. The zero-order valence-corrected chi connectivity index (χ0v) is 17.8. The average Bonchev–Trinajstić information content (AvgIpc) is 2.72. The van der Waals surface area contributed by atoms with E-state index in [1.54, 1.807) is 20.8 Å². The number of esters is 1. The van der Waals surface area contributed by atoms with Gasteiger partial charge >= 0.3 is 5.97 Å². The first kappa shape index (κ1) is 23.7. The largest absolute Gasteiger partial charge is 0.452 e. The minimum absolute atomic E-state index is 0.0735. The van der Waals surface area contributed by atoms with Crippen LogP contribution in [0.5, 0.6) is 0 Å². The molecular weight excluding hydrogens is 417 g/mol. The molecule has 1 aromatic rings. The number of nitriles is 1. The van der Waals surface area contributed by atoms with E-state index in [0.29, 0.717) is 0 Å². The van der Waals surface area contributed by atoms with E-state index < -0.39 is 44.8 Å². The van der Waals surface area contributed by atoms with E-state index in [2.05, 4.69) is 5.32 Å². The fourth-order valence-corrected chi connectivity index (χ4v) is 4.09. The van der Waals surface area contributed by atoms with Crippen LogP contribution in [-0.2, 0) is 24.3 Å². The maximum Gasteiger partial charge on any atom is 0.338 e. The number of rotatable bonds is 7. The first-order valence-corrected chi connectivity index (χ1v) is 10.7. The molecule has 1 fully saturated rings. The third kappa shape index (κ3) is 5.33. The van der Waals surface area contributed by atoms with Gasteiger partial charge in [-0.1, -0.05) is 13.8 Å². The Kier molecular flexibility index (Phi) is 7.52. The highest BCUT2D eigenvalue weighted by atomic mass is 32.2. The van der Waals surface area contributed by atoms with Gasteiger partial charge in [-0.2, -0.15) is 9.57 Å². The third-order valence-corrected chi connectivity index (χ3v) is 6.79. The number of nitrogens with one attached hydrogen (secondary N) is 1. The van der Waals surface area contributed by atoms with Crippen molar-refractivity contribution in [3.63, 3.8) is 0 Å². The van der Waals surface area contributed by atoms with Crippen molar-refractivity contribution in [3.8, 4) is 6.07 Å². The van der Waals surface area contributed by atoms with Crippen molar-refractivity contribution in [2.75, 3.05) is 32.9 Å². The van der Waals surface area contributed by atoms with Gasteiger partial charge in [-0.05, 0) is 31.0 Å². The van der Waals surface area contributed by atoms with Crippen molar-refractivity contribution < 1.29 is 31.9 Å². The van der Waals surface area contributed by atoms with E-state index in [9.17, 15) is 27.7 Å². The molecule has 1 N–H and O–H groups in total. The van der Waals surface area contributed by atoms with Crippen LogP contribution >= 0.6 is 0 Å². The molecular formula is C19H24FN3O6S. The normalized spacial score (nSPS) is 17.1. The summed E-state index contributed by atoms with van der Waals surface area (Å²) in [6.45, 7) is 4.90. The van der Waals surface area contributed by atoms with Gasteiger partial charge in [0.2, 0.25) is 10.0 Å². The maximum absolute atomic E-state index is 14.2. The number of sulfonamides is 1. The predicted octanol–water partition coefficient (Wildman–Crippen LogP) is 1.06. The second-order valence-electron chi connectivity index (χ2n) is 7.25. The second kappa shape index (κ2) is 9.51. The van der Waals surface area contributed by atoms with Crippen LogP contribution in [0.25, 0.3) is 0 Å². The van der Waals surface area contributed by atoms with E-state index >= 15 is 0 Å². The molecule has 1 atom stereocenters. The number of hydrogen-bond donors (Lipinski definition) is 1. The molecule has 1 heterocycles. The number of carbonyl (C=O) groups is 2. The minimum Gasteiger partial charge on any atom is -0.452 e. The van der Waals surface area contributed by atoms with Crippen LogP contribution in [0.2, 0.25) is 0 Å². The zero-order chi connectivity index (χ0) is 22.5. The van der Waals surface area contributed by atoms with Gasteiger partial charge in [-0.15, -0.1) is 0 Å². The summed E-state index contributed by atoms with van der Waals surface area (Å²) >= 11 is 0. The molecule has 1 aliphatic heterocycles. The SMILES string of the molecule is CC(C)[C@@](C)(C#N)NC(=O)COC(=O)c1ccc(F)c(S(=O)(=O)N2CCOCC2)c1. The molecule has 1 amide bonds. The Balaban J connectivity index is 2.11. The van der Waals surface area contributed by atoms with Gasteiger partial charge in [-0.3, -0.25) is 4.79 Å². The van der Waals surface area contributed by atoms with E-state index in [1.165, 1.54) is 0 Å². The predicted molar refractivity (Wildman–Crippen MR) is 103 cm³/mol. The smallest absolute Gasteiger partial charge is 0.338 e. The lowest BCUT2D eigenvalue weighted by Crippen LogP contribution is -2.50. The first-order valence-electron chi connectivity index (χ1n) is 9.28. The van der Waals surface area contributed by atoms with E-state index in [0.717, 1.165) is 22.5 Å². The maximum atomic E-state index is 14.2. The summed E-state index contributed by atoms with van der Waals surface area (Å²) in [5.74, 6) is -2.87. The van der Waals surface area contributed by atoms with Crippen LogP contribution in [0.15, 0.2) is 23.1 Å². The lowest BCUT2D eigenvalue weighted by atomic mass is 9.90. The monoisotopic (exact) mass is 441 g/mol. The topological polar surface area (TPSA) is 126 Å². The number of hydrogen-bond acceptors (Lipinski definition) is 7. The molecule has 0 spiro atoms. The molecule has 0 unspecified atom stereocenters. The molecule has 0 radical (unpaired) electrons. The van der Waals surface area contributed by atoms with Crippen molar-refractivity contribution in [1.29, 1.82) is 5.26 Å². The Morgan fingerprint density at radius 3 is 2.57 bits per heavy atom. The molecule has 1 aliphatic rings. The first-order chi connectivity index (χ1) is 14.0. The molecule has 9 nitrogen and oxygen atoms in total. The van der Waals surface area contributed by atoms with Crippen LogP contribution in [0.3, 0.4) is 0 Å². The fraction of sp³-hybridized carbons (Fsp3) is 0.526. The van der Waals surface area contributed by atoms with Crippen molar-refractivity contribution in [3.05, 3.63) is 29.6 Å². The van der Waals surface area contributed by atoms with Crippen LogP contribution in [-0.4, -0.2) is 63.0 Å². The highest BCUT2D eigenvalue weighted by molar-refractivity contribution is 7.89. The second-order valence-corrected chi connectivity index (χ2v) is 9.16. The third-order valence-electron chi connectivity index (χ3n) is 4.88. The lowest BCUT2D eigenvalue weighted by Gasteiger charge is -2.27. The molecule has 2 rings (SSSR count). The van der Waals surface area contributed by atoms with Crippen molar-refractivity contribution in [1.82, 2.24) is 9.62 Å². The van der Waals surface area contributed by atoms with Crippen molar-refractivity contribution in [2.45, 2.75) is 31.2 Å². The molecule has 1 saturated heterocycles. The van der Waals surface area contributed by atoms with Gasteiger partial charge in [0.1, 0.15) is 16.3 Å². The fourth-order valence-electron chi connectivity index (χ4n) is 2.60. The van der Waals surface area contributed by atoms with Crippen LogP contribution < -0.4 is 5.32 Å². The van der Waals surface area contributed by atoms with Crippen LogP contribution in [0, 0.1) is 23.1 Å². The molecule has 1 aromatic carbocycles. The van der Waals surface area contributed by atoms with Crippen LogP contribution in [0.4, 0.5) is 4.39 Å². The van der Waals surface area contributed by atoms with E-state index in [-0.39, 0.29) is 37.8 Å².